The highest BCUT2D eigenvalue weighted by atomic mass is 15.2. The zero-order chi connectivity index (χ0) is 36.1. The van der Waals surface area contributed by atoms with E-state index in [-0.39, 0.29) is 5.41 Å². The van der Waals surface area contributed by atoms with Crippen molar-refractivity contribution in [1.82, 2.24) is 14.5 Å². The van der Waals surface area contributed by atoms with E-state index in [4.69, 9.17) is 9.97 Å². The molecule has 260 valence electrons. The quantitative estimate of drug-likeness (QED) is 0.183. The van der Waals surface area contributed by atoms with Crippen molar-refractivity contribution in [2.45, 2.75) is 37.5 Å². The second kappa shape index (κ2) is 11.7. The maximum absolute atomic E-state index is 5.59. The van der Waals surface area contributed by atoms with Gasteiger partial charge in [0.2, 0.25) is 5.95 Å². The smallest absolute Gasteiger partial charge is 0.235 e. The molecular formula is C52H37N3. The Morgan fingerprint density at radius 1 is 0.473 bits per heavy atom. The molecule has 0 N–H and O–H groups in total. The number of nitrogens with zero attached hydrogens (tertiary/aromatic N) is 3. The third kappa shape index (κ3) is 4.32. The lowest BCUT2D eigenvalue weighted by atomic mass is 9.66. The number of aromatic nitrogens is 3. The molecule has 2 aromatic heterocycles. The Morgan fingerprint density at radius 3 is 1.96 bits per heavy atom. The lowest BCUT2D eigenvalue weighted by Crippen LogP contribution is -2.28. The fourth-order valence-electron chi connectivity index (χ4n) is 10.5. The maximum atomic E-state index is 5.59. The fourth-order valence-corrected chi connectivity index (χ4v) is 10.5. The highest BCUT2D eigenvalue weighted by Crippen LogP contribution is 2.61. The van der Waals surface area contributed by atoms with E-state index in [1.165, 1.54) is 90.5 Å². The summed E-state index contributed by atoms with van der Waals surface area (Å²) in [4.78, 5) is 11.0. The van der Waals surface area contributed by atoms with E-state index in [0.717, 1.165) is 40.5 Å². The van der Waals surface area contributed by atoms with E-state index in [1.54, 1.807) is 0 Å². The molecule has 3 nitrogen and oxygen atoms in total. The molecule has 0 unspecified atom stereocenters. The van der Waals surface area contributed by atoms with Crippen molar-refractivity contribution in [3.05, 3.63) is 175 Å². The first-order chi connectivity index (χ1) is 27.3. The lowest BCUT2D eigenvalue weighted by Gasteiger charge is -2.36. The summed E-state index contributed by atoms with van der Waals surface area (Å²) in [5.74, 6) is 0.703. The molecule has 1 spiro atoms. The minimum Gasteiger partial charge on any atom is -0.277 e. The van der Waals surface area contributed by atoms with Crippen LogP contribution in [0.2, 0.25) is 0 Å². The zero-order valence-electron chi connectivity index (χ0n) is 30.5. The molecule has 2 heterocycles. The topological polar surface area (TPSA) is 30.7 Å². The average Bonchev–Trinajstić information content (AvgIpc) is 3.75. The fraction of sp³-hybridized carbons (Fsp3) is 0.115. The third-order valence-corrected chi connectivity index (χ3v) is 12.8. The molecule has 0 bridgehead atoms. The predicted molar refractivity (Wildman–Crippen MR) is 229 cm³/mol. The van der Waals surface area contributed by atoms with Crippen LogP contribution in [0, 0.1) is 0 Å². The van der Waals surface area contributed by atoms with Crippen LogP contribution in [-0.2, 0) is 5.41 Å². The summed E-state index contributed by atoms with van der Waals surface area (Å²) < 4.78 is 2.41. The summed E-state index contributed by atoms with van der Waals surface area (Å²) in [6.45, 7) is 0. The molecule has 1 saturated carbocycles. The Labute approximate surface area is 319 Å². The highest BCUT2D eigenvalue weighted by Gasteiger charge is 2.46. The molecule has 2 aliphatic rings. The summed E-state index contributed by atoms with van der Waals surface area (Å²) in [6.07, 6.45) is 6.10. The van der Waals surface area contributed by atoms with Crippen LogP contribution in [0.5, 0.6) is 0 Å². The zero-order valence-corrected chi connectivity index (χ0v) is 30.5. The van der Waals surface area contributed by atoms with Gasteiger partial charge in [-0.15, -0.1) is 0 Å². The number of para-hydroxylation sites is 1. The number of hydrogen-bond donors (Lipinski definition) is 0. The monoisotopic (exact) mass is 703 g/mol. The van der Waals surface area contributed by atoms with Crippen LogP contribution in [0.25, 0.3) is 93.7 Å². The van der Waals surface area contributed by atoms with E-state index < -0.39 is 0 Å². The second-order valence-electron chi connectivity index (χ2n) is 15.6. The minimum absolute atomic E-state index is 0.0432. The molecule has 0 saturated heterocycles. The molecule has 3 heteroatoms. The van der Waals surface area contributed by atoms with Gasteiger partial charge in [0.25, 0.3) is 0 Å². The molecule has 0 radical (unpaired) electrons. The average molecular weight is 704 g/mol. The first-order valence-electron chi connectivity index (χ1n) is 19.7. The van der Waals surface area contributed by atoms with Crippen LogP contribution in [0.4, 0.5) is 0 Å². The number of fused-ring (bicyclic) bond motifs is 15. The van der Waals surface area contributed by atoms with Gasteiger partial charge in [-0.1, -0.05) is 171 Å². The van der Waals surface area contributed by atoms with E-state index in [2.05, 4.69) is 168 Å². The minimum atomic E-state index is -0.0432. The van der Waals surface area contributed by atoms with E-state index in [1.807, 2.05) is 0 Å². The summed E-state index contributed by atoms with van der Waals surface area (Å²) >= 11 is 0. The van der Waals surface area contributed by atoms with Gasteiger partial charge in [-0.2, -0.15) is 0 Å². The van der Waals surface area contributed by atoms with Crippen molar-refractivity contribution in [2.24, 2.45) is 0 Å². The Bertz CT molecular complexity index is 3170. The molecule has 1 fully saturated rings. The second-order valence-corrected chi connectivity index (χ2v) is 15.6. The Balaban J connectivity index is 1.24. The van der Waals surface area contributed by atoms with Gasteiger partial charge in [0.05, 0.1) is 22.2 Å². The van der Waals surface area contributed by atoms with E-state index in [9.17, 15) is 0 Å². The molecule has 2 aliphatic carbocycles. The van der Waals surface area contributed by atoms with Crippen molar-refractivity contribution < 1.29 is 0 Å². The van der Waals surface area contributed by atoms with Crippen LogP contribution in [0.1, 0.15) is 43.2 Å². The standard InChI is InChI=1S/C52H37N3/c1-3-15-33(16-4-1)34-25-27-36(28-26-34)49-41-22-10-12-24-43(41)53-51(54-49)55-44-30-29-35-17-5-6-18-37(35)46(44)47-48-45(38-19-7-8-20-39(38)50(47)55)40-21-9-11-23-42(40)52(48)31-13-2-14-32-52/h1,3-12,15-30H,2,13-14,31-32H2. The van der Waals surface area contributed by atoms with Crippen LogP contribution in [-0.4, -0.2) is 14.5 Å². The highest BCUT2D eigenvalue weighted by molar-refractivity contribution is 6.30. The van der Waals surface area contributed by atoms with Crippen LogP contribution in [0.15, 0.2) is 164 Å². The summed E-state index contributed by atoms with van der Waals surface area (Å²) in [7, 11) is 0. The van der Waals surface area contributed by atoms with E-state index >= 15 is 0 Å². The lowest BCUT2D eigenvalue weighted by molar-refractivity contribution is 0.355. The van der Waals surface area contributed by atoms with Gasteiger partial charge in [0.15, 0.2) is 0 Å². The largest absolute Gasteiger partial charge is 0.277 e. The van der Waals surface area contributed by atoms with Gasteiger partial charge in [-0.25, -0.2) is 9.97 Å². The van der Waals surface area contributed by atoms with Gasteiger partial charge >= 0.3 is 0 Å². The van der Waals surface area contributed by atoms with Crippen LogP contribution < -0.4 is 0 Å². The molecule has 12 rings (SSSR count). The van der Waals surface area contributed by atoms with Gasteiger partial charge in [-0.05, 0) is 74.5 Å². The maximum Gasteiger partial charge on any atom is 0.235 e. The Morgan fingerprint density at radius 2 is 1.13 bits per heavy atom. The van der Waals surface area contributed by atoms with Gasteiger partial charge in [-0.3, -0.25) is 4.57 Å². The van der Waals surface area contributed by atoms with Crippen molar-refractivity contribution in [1.29, 1.82) is 0 Å². The van der Waals surface area contributed by atoms with Gasteiger partial charge in [0.1, 0.15) is 0 Å². The molecule has 0 amide bonds. The molecule has 0 aliphatic heterocycles. The van der Waals surface area contributed by atoms with Crippen molar-refractivity contribution in [3.63, 3.8) is 0 Å². The summed E-state index contributed by atoms with van der Waals surface area (Å²) in [5.41, 5.74) is 13.5. The van der Waals surface area contributed by atoms with E-state index in [0.29, 0.717) is 5.95 Å². The first kappa shape index (κ1) is 30.8. The molecule has 8 aromatic carbocycles. The first-order valence-corrected chi connectivity index (χ1v) is 19.7. The molecule has 0 atom stereocenters. The van der Waals surface area contributed by atoms with Gasteiger partial charge < -0.3 is 0 Å². The van der Waals surface area contributed by atoms with Crippen molar-refractivity contribution in [3.8, 4) is 39.5 Å². The Hall–Kier alpha value is -6.58. The number of rotatable bonds is 3. The Kier molecular flexibility index (Phi) is 6.56. The van der Waals surface area contributed by atoms with Crippen molar-refractivity contribution in [2.75, 3.05) is 0 Å². The normalized spacial score (nSPS) is 14.7. The number of hydrogen-bond acceptors (Lipinski definition) is 2. The number of benzene rings is 8. The molecular weight excluding hydrogens is 667 g/mol. The SMILES string of the molecule is c1ccc(-c2ccc(-c3nc(-n4c5ccc6ccccc6c5c5c6c(c7ccccc7c54)-c4ccccc4C64CCCCC4)nc4ccccc34)cc2)cc1. The summed E-state index contributed by atoms with van der Waals surface area (Å²) in [5, 5.41) is 8.80. The van der Waals surface area contributed by atoms with Gasteiger partial charge in [0, 0.05) is 32.5 Å². The molecule has 10 aromatic rings. The third-order valence-electron chi connectivity index (χ3n) is 12.8. The van der Waals surface area contributed by atoms with Crippen molar-refractivity contribution >= 4 is 54.3 Å². The van der Waals surface area contributed by atoms with Crippen LogP contribution in [0.3, 0.4) is 0 Å². The predicted octanol–water partition coefficient (Wildman–Crippen LogP) is 13.6. The summed E-state index contributed by atoms with van der Waals surface area (Å²) in [6, 6.07) is 59.9. The molecule has 55 heavy (non-hydrogen) atoms. The van der Waals surface area contributed by atoms with Crippen LogP contribution >= 0.6 is 0 Å².